The standard InChI is InChI=1S/C8H17NOS/c1-3-5-11-6-4-9-7-8(2)10/h3,8-10H,1,4-7H2,2H3/t8-/m0/s1. The van der Waals surface area contributed by atoms with E-state index >= 15 is 0 Å². The second-order valence-corrected chi connectivity index (χ2v) is 3.57. The van der Waals surface area contributed by atoms with E-state index in [-0.39, 0.29) is 6.10 Å². The second kappa shape index (κ2) is 8.11. The fourth-order valence-electron chi connectivity index (χ4n) is 0.622. The number of nitrogens with one attached hydrogen (secondary N) is 1. The molecule has 0 fully saturated rings. The molecule has 0 heterocycles. The summed E-state index contributed by atoms with van der Waals surface area (Å²) in [5.41, 5.74) is 0. The van der Waals surface area contributed by atoms with Gasteiger partial charge < -0.3 is 10.4 Å². The van der Waals surface area contributed by atoms with Gasteiger partial charge in [-0.3, -0.25) is 0 Å². The largest absolute Gasteiger partial charge is 0.392 e. The number of aliphatic hydroxyl groups is 1. The average molecular weight is 175 g/mol. The first-order valence-corrected chi connectivity index (χ1v) is 5.00. The van der Waals surface area contributed by atoms with Gasteiger partial charge in [0.05, 0.1) is 6.10 Å². The Bertz CT molecular complexity index is 96.1. The van der Waals surface area contributed by atoms with E-state index < -0.39 is 0 Å². The van der Waals surface area contributed by atoms with Gasteiger partial charge in [-0.15, -0.1) is 6.58 Å². The van der Waals surface area contributed by atoms with Crippen LogP contribution in [0.25, 0.3) is 0 Å². The van der Waals surface area contributed by atoms with Crippen molar-refractivity contribution in [3.8, 4) is 0 Å². The molecule has 0 radical (unpaired) electrons. The summed E-state index contributed by atoms with van der Waals surface area (Å²) in [4.78, 5) is 0. The number of hydrogen-bond donors (Lipinski definition) is 2. The fourth-order valence-corrected chi connectivity index (χ4v) is 1.24. The second-order valence-electron chi connectivity index (χ2n) is 2.42. The number of aliphatic hydroxyl groups excluding tert-OH is 1. The van der Waals surface area contributed by atoms with Crippen molar-refractivity contribution in [2.45, 2.75) is 13.0 Å². The molecule has 0 aliphatic heterocycles. The van der Waals surface area contributed by atoms with Crippen molar-refractivity contribution in [1.29, 1.82) is 0 Å². The molecule has 11 heavy (non-hydrogen) atoms. The molecule has 3 heteroatoms. The van der Waals surface area contributed by atoms with E-state index in [1.807, 2.05) is 17.8 Å². The number of rotatable bonds is 7. The highest BCUT2D eigenvalue weighted by Gasteiger charge is 1.92. The van der Waals surface area contributed by atoms with Crippen LogP contribution in [0.4, 0.5) is 0 Å². The van der Waals surface area contributed by atoms with Gasteiger partial charge in [-0.2, -0.15) is 11.8 Å². The molecule has 0 bridgehead atoms. The quantitative estimate of drug-likeness (QED) is 0.445. The Balaban J connectivity index is 2.85. The Morgan fingerprint density at radius 1 is 1.73 bits per heavy atom. The summed E-state index contributed by atoms with van der Waals surface area (Å²) in [6.07, 6.45) is 1.67. The molecule has 0 spiro atoms. The van der Waals surface area contributed by atoms with Crippen molar-refractivity contribution >= 4 is 11.8 Å². The average Bonchev–Trinajstić information content (AvgIpc) is 1.96. The number of thioether (sulfide) groups is 1. The van der Waals surface area contributed by atoms with E-state index in [1.54, 1.807) is 6.92 Å². The summed E-state index contributed by atoms with van der Waals surface area (Å²) in [6.45, 7) is 7.06. The van der Waals surface area contributed by atoms with Crippen LogP contribution in [0.2, 0.25) is 0 Å². The molecule has 0 saturated carbocycles. The maximum Gasteiger partial charge on any atom is 0.0636 e. The van der Waals surface area contributed by atoms with Crippen LogP contribution in [0, 0.1) is 0 Å². The first-order valence-electron chi connectivity index (χ1n) is 3.84. The van der Waals surface area contributed by atoms with Gasteiger partial charge >= 0.3 is 0 Å². The van der Waals surface area contributed by atoms with Crippen LogP contribution in [-0.4, -0.2) is 35.8 Å². The van der Waals surface area contributed by atoms with Gasteiger partial charge in [0.25, 0.3) is 0 Å². The molecular formula is C8H17NOS. The van der Waals surface area contributed by atoms with Crippen molar-refractivity contribution in [3.63, 3.8) is 0 Å². The van der Waals surface area contributed by atoms with Gasteiger partial charge in [0.15, 0.2) is 0 Å². The predicted molar refractivity (Wildman–Crippen MR) is 52.1 cm³/mol. The van der Waals surface area contributed by atoms with Crippen LogP contribution in [-0.2, 0) is 0 Å². The van der Waals surface area contributed by atoms with Gasteiger partial charge in [0.1, 0.15) is 0 Å². The Hall–Kier alpha value is 0.01000. The van der Waals surface area contributed by atoms with E-state index in [0.29, 0.717) is 6.54 Å². The van der Waals surface area contributed by atoms with Crippen LogP contribution in [0.15, 0.2) is 12.7 Å². The topological polar surface area (TPSA) is 32.3 Å². The minimum atomic E-state index is -0.237. The lowest BCUT2D eigenvalue weighted by Crippen LogP contribution is -2.26. The Kier molecular flexibility index (Phi) is 8.12. The molecule has 2 nitrogen and oxygen atoms in total. The first-order chi connectivity index (χ1) is 5.27. The van der Waals surface area contributed by atoms with Gasteiger partial charge in [-0.1, -0.05) is 6.08 Å². The van der Waals surface area contributed by atoms with E-state index in [1.165, 1.54) is 0 Å². The minimum Gasteiger partial charge on any atom is -0.392 e. The molecule has 0 aromatic rings. The van der Waals surface area contributed by atoms with Crippen LogP contribution in [0.5, 0.6) is 0 Å². The third-order valence-electron chi connectivity index (χ3n) is 1.10. The van der Waals surface area contributed by atoms with Crippen molar-refractivity contribution < 1.29 is 5.11 Å². The van der Waals surface area contributed by atoms with Crippen LogP contribution < -0.4 is 5.32 Å². The Labute approximate surface area is 73.1 Å². The Morgan fingerprint density at radius 3 is 3.00 bits per heavy atom. The summed E-state index contributed by atoms with van der Waals surface area (Å²) in [7, 11) is 0. The van der Waals surface area contributed by atoms with Crippen molar-refractivity contribution in [2.75, 3.05) is 24.6 Å². The smallest absolute Gasteiger partial charge is 0.0636 e. The molecular weight excluding hydrogens is 158 g/mol. The van der Waals surface area contributed by atoms with Crippen LogP contribution in [0.3, 0.4) is 0 Å². The van der Waals surface area contributed by atoms with Gasteiger partial charge in [0, 0.05) is 24.6 Å². The van der Waals surface area contributed by atoms with E-state index in [0.717, 1.165) is 18.1 Å². The lowest BCUT2D eigenvalue weighted by molar-refractivity contribution is 0.192. The summed E-state index contributed by atoms with van der Waals surface area (Å²) < 4.78 is 0. The summed E-state index contributed by atoms with van der Waals surface area (Å²) in [6, 6.07) is 0. The number of hydrogen-bond acceptors (Lipinski definition) is 3. The fraction of sp³-hybridized carbons (Fsp3) is 0.750. The van der Waals surface area contributed by atoms with Crippen molar-refractivity contribution in [2.24, 2.45) is 0 Å². The monoisotopic (exact) mass is 175 g/mol. The minimum absolute atomic E-state index is 0.237. The molecule has 2 N–H and O–H groups in total. The molecule has 0 aliphatic rings. The van der Waals surface area contributed by atoms with Crippen molar-refractivity contribution in [3.05, 3.63) is 12.7 Å². The molecule has 1 atom stereocenters. The first kappa shape index (κ1) is 11.0. The van der Waals surface area contributed by atoms with E-state index in [2.05, 4.69) is 11.9 Å². The summed E-state index contributed by atoms with van der Waals surface area (Å²) >= 11 is 1.84. The summed E-state index contributed by atoms with van der Waals surface area (Å²) in [5.74, 6) is 2.09. The highest BCUT2D eigenvalue weighted by Crippen LogP contribution is 1.96. The zero-order chi connectivity index (χ0) is 8.53. The van der Waals surface area contributed by atoms with Crippen molar-refractivity contribution in [1.82, 2.24) is 5.32 Å². The molecule has 0 amide bonds. The molecule has 0 unspecified atom stereocenters. The molecule has 0 aromatic carbocycles. The predicted octanol–water partition coefficient (Wildman–Crippen LogP) is 0.876. The third-order valence-corrected chi connectivity index (χ3v) is 2.06. The van der Waals surface area contributed by atoms with Crippen LogP contribution >= 0.6 is 11.8 Å². The summed E-state index contributed by atoms with van der Waals surface area (Å²) in [5, 5.41) is 12.0. The molecule has 0 aromatic heterocycles. The lowest BCUT2D eigenvalue weighted by atomic mass is 10.4. The van der Waals surface area contributed by atoms with Gasteiger partial charge in [-0.25, -0.2) is 0 Å². The maximum atomic E-state index is 8.87. The van der Waals surface area contributed by atoms with Gasteiger partial charge in [0.2, 0.25) is 0 Å². The zero-order valence-electron chi connectivity index (χ0n) is 7.05. The third kappa shape index (κ3) is 10.0. The molecule has 0 aliphatic carbocycles. The lowest BCUT2D eigenvalue weighted by Gasteiger charge is -2.05. The highest BCUT2D eigenvalue weighted by molar-refractivity contribution is 7.99. The van der Waals surface area contributed by atoms with Gasteiger partial charge in [-0.05, 0) is 6.92 Å². The highest BCUT2D eigenvalue weighted by atomic mass is 32.2. The Morgan fingerprint density at radius 2 is 2.45 bits per heavy atom. The molecule has 0 rings (SSSR count). The normalized spacial score (nSPS) is 12.9. The van der Waals surface area contributed by atoms with E-state index in [9.17, 15) is 0 Å². The SMILES string of the molecule is C=CCSCCNC[C@H](C)O. The van der Waals surface area contributed by atoms with E-state index in [4.69, 9.17) is 5.11 Å². The molecule has 0 saturated heterocycles. The molecule has 66 valence electrons. The maximum absolute atomic E-state index is 8.87. The van der Waals surface area contributed by atoms with Crippen LogP contribution in [0.1, 0.15) is 6.92 Å². The zero-order valence-corrected chi connectivity index (χ0v) is 7.86.